The van der Waals surface area contributed by atoms with E-state index in [-0.39, 0.29) is 11.4 Å². The number of halogens is 1. The molecule has 3 rings (SSSR count). The predicted octanol–water partition coefficient (Wildman–Crippen LogP) is 2.56. The summed E-state index contributed by atoms with van der Waals surface area (Å²) in [7, 11) is 0. The van der Waals surface area contributed by atoms with E-state index in [0.717, 1.165) is 12.2 Å². The van der Waals surface area contributed by atoms with Crippen LogP contribution in [0.5, 0.6) is 0 Å². The standard InChI is InChI=1S/C16H20IN3O/c1-15(2)11-8-9-13(21)18-14(11)19-16(3,20-15)10-6-4-5-7-12(10)17/h4-7,19-20H,8-9H2,1-3H3,(H,18,21). The molecule has 1 amide bonds. The van der Waals surface area contributed by atoms with Crippen LogP contribution in [0.25, 0.3) is 0 Å². The summed E-state index contributed by atoms with van der Waals surface area (Å²) in [5.74, 6) is 0.959. The molecule has 2 heterocycles. The van der Waals surface area contributed by atoms with E-state index in [2.05, 4.69) is 71.4 Å². The third-order valence-corrected chi connectivity index (χ3v) is 5.21. The summed E-state index contributed by atoms with van der Waals surface area (Å²) in [6.07, 6.45) is 1.36. The van der Waals surface area contributed by atoms with Gasteiger partial charge in [0.25, 0.3) is 0 Å². The second-order valence-corrected chi connectivity index (χ2v) is 7.54. The lowest BCUT2D eigenvalue weighted by Crippen LogP contribution is -2.66. The average molecular weight is 397 g/mol. The van der Waals surface area contributed by atoms with Crippen molar-refractivity contribution in [3.63, 3.8) is 0 Å². The van der Waals surface area contributed by atoms with Crippen LogP contribution in [0.3, 0.4) is 0 Å². The van der Waals surface area contributed by atoms with Gasteiger partial charge in [-0.1, -0.05) is 18.2 Å². The Balaban J connectivity index is 2.06. The largest absolute Gasteiger partial charge is 0.350 e. The van der Waals surface area contributed by atoms with Crippen LogP contribution < -0.4 is 16.0 Å². The Morgan fingerprint density at radius 3 is 2.57 bits per heavy atom. The lowest BCUT2D eigenvalue weighted by atomic mass is 9.82. The zero-order valence-electron chi connectivity index (χ0n) is 12.5. The number of amides is 1. The monoisotopic (exact) mass is 397 g/mol. The van der Waals surface area contributed by atoms with Crippen LogP contribution in [0.15, 0.2) is 35.7 Å². The summed E-state index contributed by atoms with van der Waals surface area (Å²) in [6, 6.07) is 8.30. The van der Waals surface area contributed by atoms with Gasteiger partial charge in [-0.2, -0.15) is 0 Å². The summed E-state index contributed by atoms with van der Waals surface area (Å²) < 4.78 is 1.19. The maximum atomic E-state index is 11.7. The minimum Gasteiger partial charge on any atom is -0.350 e. The summed E-state index contributed by atoms with van der Waals surface area (Å²) >= 11 is 2.35. The van der Waals surface area contributed by atoms with Gasteiger partial charge in [0.15, 0.2) is 0 Å². The quantitative estimate of drug-likeness (QED) is 0.639. The van der Waals surface area contributed by atoms with Gasteiger partial charge in [0, 0.05) is 21.1 Å². The first-order valence-corrected chi connectivity index (χ1v) is 8.26. The van der Waals surface area contributed by atoms with Gasteiger partial charge in [0.05, 0.1) is 0 Å². The van der Waals surface area contributed by atoms with Gasteiger partial charge in [0.2, 0.25) is 5.91 Å². The summed E-state index contributed by atoms with van der Waals surface area (Å²) in [4.78, 5) is 11.7. The lowest BCUT2D eigenvalue weighted by molar-refractivity contribution is -0.121. The zero-order chi connectivity index (χ0) is 15.3. The topological polar surface area (TPSA) is 53.2 Å². The molecule has 0 aromatic heterocycles. The Labute approximate surface area is 138 Å². The molecular formula is C16H20IN3O. The summed E-state index contributed by atoms with van der Waals surface area (Å²) in [5, 5.41) is 10.2. The third-order valence-electron chi connectivity index (χ3n) is 4.27. The minimum absolute atomic E-state index is 0.0871. The number of rotatable bonds is 1. The van der Waals surface area contributed by atoms with Crippen LogP contribution >= 0.6 is 22.6 Å². The van der Waals surface area contributed by atoms with Crippen molar-refractivity contribution in [2.45, 2.75) is 44.8 Å². The first-order chi connectivity index (χ1) is 9.82. The Bertz CT molecular complexity index is 638. The van der Waals surface area contributed by atoms with E-state index >= 15 is 0 Å². The summed E-state index contributed by atoms with van der Waals surface area (Å²) in [6.45, 7) is 6.47. The first-order valence-electron chi connectivity index (χ1n) is 7.18. The SMILES string of the molecule is CC1(C)NC(C)(c2ccccc2I)NC2=C1CCC(=O)N2. The van der Waals surface area contributed by atoms with E-state index in [0.29, 0.717) is 6.42 Å². The Hall–Kier alpha value is -1.08. The maximum absolute atomic E-state index is 11.7. The highest BCUT2D eigenvalue weighted by Crippen LogP contribution is 2.36. The number of carbonyl (C=O) groups is 1. The number of nitrogens with one attached hydrogen (secondary N) is 3. The van der Waals surface area contributed by atoms with Crippen molar-refractivity contribution in [1.29, 1.82) is 0 Å². The molecule has 5 heteroatoms. The van der Waals surface area contributed by atoms with Crippen molar-refractivity contribution in [2.24, 2.45) is 0 Å². The second-order valence-electron chi connectivity index (χ2n) is 6.38. The normalized spacial score (nSPS) is 27.7. The van der Waals surface area contributed by atoms with Crippen molar-refractivity contribution in [3.8, 4) is 0 Å². The third kappa shape index (κ3) is 2.57. The van der Waals surface area contributed by atoms with E-state index in [9.17, 15) is 4.79 Å². The molecule has 0 spiro atoms. The molecule has 0 fully saturated rings. The molecule has 3 N–H and O–H groups in total. The van der Waals surface area contributed by atoms with Crippen molar-refractivity contribution < 1.29 is 4.79 Å². The molecule has 1 aromatic carbocycles. The smallest absolute Gasteiger partial charge is 0.225 e. The van der Waals surface area contributed by atoms with E-state index in [1.807, 2.05) is 12.1 Å². The van der Waals surface area contributed by atoms with Crippen molar-refractivity contribution in [3.05, 3.63) is 44.8 Å². The number of carbonyl (C=O) groups excluding carboxylic acids is 1. The van der Waals surface area contributed by atoms with Gasteiger partial charge in [-0.3, -0.25) is 10.1 Å². The number of hydrogen-bond donors (Lipinski definition) is 3. The van der Waals surface area contributed by atoms with Gasteiger partial charge >= 0.3 is 0 Å². The van der Waals surface area contributed by atoms with Crippen LogP contribution in [0.1, 0.15) is 39.2 Å². The maximum Gasteiger partial charge on any atom is 0.225 e. The zero-order valence-corrected chi connectivity index (χ0v) is 14.7. The Morgan fingerprint density at radius 1 is 1.14 bits per heavy atom. The molecule has 0 saturated heterocycles. The Morgan fingerprint density at radius 2 is 1.86 bits per heavy atom. The molecule has 112 valence electrons. The minimum atomic E-state index is -0.412. The van der Waals surface area contributed by atoms with Crippen LogP contribution in [0.4, 0.5) is 0 Å². The van der Waals surface area contributed by atoms with Crippen molar-refractivity contribution >= 4 is 28.5 Å². The van der Waals surface area contributed by atoms with Crippen LogP contribution in [-0.4, -0.2) is 11.4 Å². The highest BCUT2D eigenvalue weighted by atomic mass is 127. The average Bonchev–Trinajstić information content (AvgIpc) is 2.37. The Kier molecular flexibility index (Phi) is 3.52. The molecule has 4 nitrogen and oxygen atoms in total. The van der Waals surface area contributed by atoms with Crippen LogP contribution in [-0.2, 0) is 10.5 Å². The molecule has 0 aliphatic carbocycles. The summed E-state index contributed by atoms with van der Waals surface area (Å²) in [5.41, 5.74) is 1.85. The van der Waals surface area contributed by atoms with Crippen LogP contribution in [0, 0.1) is 3.57 Å². The van der Waals surface area contributed by atoms with Crippen molar-refractivity contribution in [1.82, 2.24) is 16.0 Å². The molecule has 0 radical (unpaired) electrons. The van der Waals surface area contributed by atoms with Gasteiger partial charge in [-0.15, -0.1) is 0 Å². The number of hydrogen-bond acceptors (Lipinski definition) is 3. The highest BCUT2D eigenvalue weighted by Gasteiger charge is 2.43. The van der Waals surface area contributed by atoms with Gasteiger partial charge in [0.1, 0.15) is 11.5 Å². The molecule has 0 bridgehead atoms. The first kappa shape index (κ1) is 14.8. The molecule has 21 heavy (non-hydrogen) atoms. The molecule has 1 unspecified atom stereocenters. The number of benzene rings is 1. The highest BCUT2D eigenvalue weighted by molar-refractivity contribution is 14.1. The lowest BCUT2D eigenvalue weighted by Gasteiger charge is -2.49. The molecule has 2 aliphatic rings. The molecule has 1 atom stereocenters. The van der Waals surface area contributed by atoms with Gasteiger partial charge < -0.3 is 10.6 Å². The predicted molar refractivity (Wildman–Crippen MR) is 91.3 cm³/mol. The second kappa shape index (κ2) is 4.98. The van der Waals surface area contributed by atoms with Gasteiger partial charge in [-0.05, 0) is 61.4 Å². The molecule has 0 saturated carbocycles. The van der Waals surface area contributed by atoms with Gasteiger partial charge in [-0.25, -0.2) is 0 Å². The van der Waals surface area contributed by atoms with Crippen LogP contribution in [0.2, 0.25) is 0 Å². The van der Waals surface area contributed by atoms with E-state index in [4.69, 9.17) is 0 Å². The fourth-order valence-corrected chi connectivity index (χ4v) is 4.28. The van der Waals surface area contributed by atoms with E-state index in [1.165, 1.54) is 14.7 Å². The molecule has 2 aliphatic heterocycles. The van der Waals surface area contributed by atoms with E-state index in [1.54, 1.807) is 0 Å². The molecular weight excluding hydrogens is 377 g/mol. The van der Waals surface area contributed by atoms with E-state index < -0.39 is 5.66 Å². The molecule has 1 aromatic rings. The fraction of sp³-hybridized carbons (Fsp3) is 0.438. The van der Waals surface area contributed by atoms with Crippen molar-refractivity contribution in [2.75, 3.05) is 0 Å². The fourth-order valence-electron chi connectivity index (χ4n) is 3.36.